The van der Waals surface area contributed by atoms with Gasteiger partial charge in [-0.05, 0) is 24.6 Å². The number of fused-ring (bicyclic) bond motifs is 1. The molecule has 1 atom stereocenters. The van der Waals surface area contributed by atoms with Crippen LogP contribution in [0.3, 0.4) is 0 Å². The van der Waals surface area contributed by atoms with Gasteiger partial charge in [-0.2, -0.15) is 9.40 Å². The van der Waals surface area contributed by atoms with E-state index in [2.05, 4.69) is 5.10 Å². The number of nitrogens with zero attached hydrogens (tertiary/aromatic N) is 3. The Bertz CT molecular complexity index is 837. The Kier molecular flexibility index (Phi) is 4.93. The molecule has 1 aliphatic rings. The van der Waals surface area contributed by atoms with Crippen LogP contribution in [0.15, 0.2) is 35.2 Å². The van der Waals surface area contributed by atoms with Crippen LogP contribution in [0.1, 0.15) is 23.9 Å². The normalized spacial score (nSPS) is 17.3. The quantitative estimate of drug-likeness (QED) is 0.840. The molecule has 0 bridgehead atoms. The standard InChI is InChI=1S/C15H18ClN3O4S/c16-12-4-1-2-5-15(12)24(22,23)18-6-3-7-19-11(9-18)8-13(17-19)14(21)10-20/h1-2,4-5,8,14,20-21H,3,6-7,9-10H2/t14-/m0/s1. The van der Waals surface area contributed by atoms with Crippen molar-refractivity contribution in [3.63, 3.8) is 0 Å². The zero-order valence-electron chi connectivity index (χ0n) is 12.8. The highest BCUT2D eigenvalue weighted by atomic mass is 35.5. The Morgan fingerprint density at radius 3 is 2.75 bits per heavy atom. The lowest BCUT2D eigenvalue weighted by Crippen LogP contribution is -2.31. The predicted octanol–water partition coefficient (Wildman–Crippen LogP) is 1.16. The number of aryl methyl sites for hydroxylation is 1. The van der Waals surface area contributed by atoms with Crippen molar-refractivity contribution in [2.24, 2.45) is 0 Å². The summed E-state index contributed by atoms with van der Waals surface area (Å²) in [6.45, 7) is 0.605. The highest BCUT2D eigenvalue weighted by molar-refractivity contribution is 7.89. The molecule has 3 rings (SSSR count). The molecule has 0 fully saturated rings. The smallest absolute Gasteiger partial charge is 0.244 e. The summed E-state index contributed by atoms with van der Waals surface area (Å²) < 4.78 is 28.8. The number of benzene rings is 1. The fourth-order valence-corrected chi connectivity index (χ4v) is 4.65. The molecule has 7 nitrogen and oxygen atoms in total. The molecule has 2 N–H and O–H groups in total. The van der Waals surface area contributed by atoms with Crippen molar-refractivity contribution in [2.45, 2.75) is 30.5 Å². The molecule has 1 aromatic carbocycles. The highest BCUT2D eigenvalue weighted by Gasteiger charge is 2.29. The van der Waals surface area contributed by atoms with E-state index >= 15 is 0 Å². The molecule has 0 aliphatic carbocycles. The van der Waals surface area contributed by atoms with E-state index in [0.29, 0.717) is 30.9 Å². The molecule has 0 unspecified atom stereocenters. The third kappa shape index (κ3) is 3.20. The zero-order valence-corrected chi connectivity index (χ0v) is 14.4. The first-order chi connectivity index (χ1) is 11.4. The lowest BCUT2D eigenvalue weighted by Gasteiger charge is -2.20. The summed E-state index contributed by atoms with van der Waals surface area (Å²) in [5.41, 5.74) is 1.01. The average Bonchev–Trinajstić information content (AvgIpc) is 2.85. The van der Waals surface area contributed by atoms with Gasteiger partial charge >= 0.3 is 0 Å². The van der Waals surface area contributed by atoms with Crippen LogP contribution in [-0.2, 0) is 23.1 Å². The van der Waals surface area contributed by atoms with Gasteiger partial charge in [0.15, 0.2) is 0 Å². The summed E-state index contributed by atoms with van der Waals surface area (Å²) in [7, 11) is -3.73. The minimum absolute atomic E-state index is 0.0789. The van der Waals surface area contributed by atoms with Gasteiger partial charge in [0.1, 0.15) is 11.0 Å². The number of aromatic nitrogens is 2. The minimum atomic E-state index is -3.73. The fourth-order valence-electron chi connectivity index (χ4n) is 2.71. The SMILES string of the molecule is O=S(=O)(c1ccccc1Cl)N1CCCn2nc([C@@H](O)CO)cc2C1. The maximum absolute atomic E-state index is 12.9. The van der Waals surface area contributed by atoms with Crippen molar-refractivity contribution in [2.75, 3.05) is 13.2 Å². The van der Waals surface area contributed by atoms with Crippen molar-refractivity contribution >= 4 is 21.6 Å². The van der Waals surface area contributed by atoms with E-state index in [-0.39, 0.29) is 16.5 Å². The number of rotatable bonds is 4. The van der Waals surface area contributed by atoms with Crippen LogP contribution in [0.2, 0.25) is 5.02 Å². The summed E-state index contributed by atoms with van der Waals surface area (Å²) in [6.07, 6.45) is -0.481. The van der Waals surface area contributed by atoms with E-state index in [1.807, 2.05) is 0 Å². The van der Waals surface area contributed by atoms with Crippen molar-refractivity contribution in [1.29, 1.82) is 0 Å². The van der Waals surface area contributed by atoms with Gasteiger partial charge in [-0.25, -0.2) is 8.42 Å². The zero-order chi connectivity index (χ0) is 17.3. The Hall–Kier alpha value is -1.45. The molecule has 0 amide bonds. The number of aliphatic hydroxyl groups is 2. The monoisotopic (exact) mass is 371 g/mol. The second-order valence-electron chi connectivity index (χ2n) is 5.60. The van der Waals surface area contributed by atoms with Crippen LogP contribution in [0.4, 0.5) is 0 Å². The van der Waals surface area contributed by atoms with Gasteiger partial charge in [0.05, 0.1) is 29.6 Å². The second-order valence-corrected chi connectivity index (χ2v) is 7.92. The van der Waals surface area contributed by atoms with Gasteiger partial charge in [-0.3, -0.25) is 4.68 Å². The van der Waals surface area contributed by atoms with E-state index in [1.165, 1.54) is 10.4 Å². The number of aliphatic hydroxyl groups excluding tert-OH is 2. The number of sulfonamides is 1. The fraction of sp³-hybridized carbons (Fsp3) is 0.400. The molecular weight excluding hydrogens is 354 g/mol. The molecule has 0 saturated carbocycles. The number of hydrogen-bond donors (Lipinski definition) is 2. The summed E-state index contributed by atoms with van der Waals surface area (Å²) in [5, 5.41) is 23.2. The molecule has 24 heavy (non-hydrogen) atoms. The van der Waals surface area contributed by atoms with E-state index in [4.69, 9.17) is 16.7 Å². The van der Waals surface area contributed by atoms with Crippen molar-refractivity contribution in [3.05, 3.63) is 46.7 Å². The molecule has 0 spiro atoms. The van der Waals surface area contributed by atoms with E-state index in [1.54, 1.807) is 28.9 Å². The molecule has 2 aromatic rings. The molecule has 0 saturated heterocycles. The molecule has 2 heterocycles. The first kappa shape index (κ1) is 17.4. The Morgan fingerprint density at radius 1 is 1.29 bits per heavy atom. The topological polar surface area (TPSA) is 95.7 Å². The first-order valence-electron chi connectivity index (χ1n) is 7.53. The van der Waals surface area contributed by atoms with Crippen LogP contribution in [-0.4, -0.2) is 45.9 Å². The van der Waals surface area contributed by atoms with Crippen molar-refractivity contribution in [1.82, 2.24) is 14.1 Å². The lowest BCUT2D eigenvalue weighted by atomic mass is 10.2. The van der Waals surface area contributed by atoms with Gasteiger partial charge in [0, 0.05) is 13.1 Å². The second kappa shape index (κ2) is 6.81. The summed E-state index contributed by atoms with van der Waals surface area (Å²) in [5.74, 6) is 0. The molecule has 1 aliphatic heterocycles. The van der Waals surface area contributed by atoms with E-state index < -0.39 is 22.7 Å². The highest BCUT2D eigenvalue weighted by Crippen LogP contribution is 2.27. The third-order valence-corrected chi connectivity index (χ3v) is 6.31. The van der Waals surface area contributed by atoms with E-state index in [9.17, 15) is 13.5 Å². The summed E-state index contributed by atoms with van der Waals surface area (Å²) in [4.78, 5) is 0.0789. The maximum Gasteiger partial charge on any atom is 0.244 e. The number of hydrogen-bond acceptors (Lipinski definition) is 5. The Morgan fingerprint density at radius 2 is 2.04 bits per heavy atom. The minimum Gasteiger partial charge on any atom is -0.393 e. The Labute approximate surface area is 145 Å². The molecule has 9 heteroatoms. The van der Waals surface area contributed by atoms with Gasteiger partial charge < -0.3 is 10.2 Å². The summed E-state index contributed by atoms with van der Waals surface area (Å²) in [6, 6.07) is 7.98. The molecule has 0 radical (unpaired) electrons. The molecular formula is C15H18ClN3O4S. The molecule has 130 valence electrons. The summed E-state index contributed by atoms with van der Waals surface area (Å²) >= 11 is 6.05. The van der Waals surface area contributed by atoms with Crippen LogP contribution in [0.5, 0.6) is 0 Å². The van der Waals surface area contributed by atoms with Gasteiger partial charge in [0.25, 0.3) is 0 Å². The third-order valence-electron chi connectivity index (χ3n) is 3.97. The molecule has 1 aromatic heterocycles. The Balaban J connectivity index is 1.93. The van der Waals surface area contributed by atoms with Crippen LogP contribution in [0.25, 0.3) is 0 Å². The lowest BCUT2D eigenvalue weighted by molar-refractivity contribution is 0.0916. The van der Waals surface area contributed by atoms with Gasteiger partial charge in [-0.1, -0.05) is 23.7 Å². The van der Waals surface area contributed by atoms with Gasteiger partial charge in [-0.15, -0.1) is 0 Å². The van der Waals surface area contributed by atoms with Crippen molar-refractivity contribution in [3.8, 4) is 0 Å². The largest absolute Gasteiger partial charge is 0.393 e. The van der Waals surface area contributed by atoms with Crippen molar-refractivity contribution < 1.29 is 18.6 Å². The average molecular weight is 372 g/mol. The first-order valence-corrected chi connectivity index (χ1v) is 9.35. The number of halogens is 1. The maximum atomic E-state index is 12.9. The van der Waals surface area contributed by atoms with Crippen LogP contribution in [0, 0.1) is 0 Å². The van der Waals surface area contributed by atoms with Crippen LogP contribution >= 0.6 is 11.6 Å². The van der Waals surface area contributed by atoms with Gasteiger partial charge in [0.2, 0.25) is 10.0 Å². The van der Waals surface area contributed by atoms with Crippen LogP contribution < -0.4 is 0 Å². The van der Waals surface area contributed by atoms with E-state index in [0.717, 1.165) is 0 Å². The predicted molar refractivity (Wildman–Crippen MR) is 87.9 cm³/mol.